The number of rotatable bonds is 6. The van der Waals surface area contributed by atoms with Crippen molar-refractivity contribution in [2.75, 3.05) is 13.2 Å². The Bertz CT molecular complexity index is 374. The minimum absolute atomic E-state index is 0.0541. The first kappa shape index (κ1) is 13.7. The summed E-state index contributed by atoms with van der Waals surface area (Å²) in [5.74, 6) is 0.0541. The predicted octanol–water partition coefficient (Wildman–Crippen LogP) is 1.73. The van der Waals surface area contributed by atoms with Crippen molar-refractivity contribution in [3.8, 4) is 0 Å². The molecule has 3 nitrogen and oxygen atoms in total. The molecule has 1 aromatic rings. The summed E-state index contributed by atoms with van der Waals surface area (Å²) < 4.78 is 0. The van der Waals surface area contributed by atoms with Crippen molar-refractivity contribution >= 4 is 5.91 Å². The molecule has 0 saturated carbocycles. The largest absolute Gasteiger partial charge is 0.396 e. The fourth-order valence-electron chi connectivity index (χ4n) is 1.77. The zero-order valence-corrected chi connectivity index (χ0v) is 10.6. The maximum Gasteiger partial charge on any atom is 0.220 e. The van der Waals surface area contributed by atoms with Crippen LogP contribution in [0.4, 0.5) is 0 Å². The molecule has 0 saturated heterocycles. The molecule has 1 aromatic carbocycles. The van der Waals surface area contributed by atoms with Crippen molar-refractivity contribution in [2.24, 2.45) is 0 Å². The van der Waals surface area contributed by atoms with Gasteiger partial charge in [-0.15, -0.1) is 0 Å². The third-order valence-electron chi connectivity index (χ3n) is 2.78. The van der Waals surface area contributed by atoms with Gasteiger partial charge >= 0.3 is 0 Å². The first-order valence-electron chi connectivity index (χ1n) is 6.07. The zero-order chi connectivity index (χ0) is 12.7. The molecule has 3 heteroatoms. The molecule has 2 N–H and O–H groups in total. The summed E-state index contributed by atoms with van der Waals surface area (Å²) in [4.78, 5) is 11.5. The lowest BCUT2D eigenvalue weighted by molar-refractivity contribution is -0.121. The fourth-order valence-corrected chi connectivity index (χ4v) is 1.77. The van der Waals surface area contributed by atoms with Crippen LogP contribution in [-0.2, 0) is 11.2 Å². The van der Waals surface area contributed by atoms with E-state index in [2.05, 4.69) is 37.4 Å². The Balaban J connectivity index is 2.37. The molecule has 1 amide bonds. The van der Waals surface area contributed by atoms with Gasteiger partial charge in [-0.3, -0.25) is 4.79 Å². The van der Waals surface area contributed by atoms with Crippen molar-refractivity contribution in [1.82, 2.24) is 5.32 Å². The second kappa shape index (κ2) is 7.07. The second-order valence-corrected chi connectivity index (χ2v) is 4.36. The molecule has 0 radical (unpaired) electrons. The summed E-state index contributed by atoms with van der Waals surface area (Å²) in [5, 5.41) is 11.4. The Morgan fingerprint density at radius 1 is 1.35 bits per heavy atom. The van der Waals surface area contributed by atoms with Crippen molar-refractivity contribution in [1.29, 1.82) is 0 Å². The number of hydrogen-bond donors (Lipinski definition) is 2. The SMILES string of the molecule is Cc1ccc(CCC(=O)NCCCO)c(C)c1. The van der Waals surface area contributed by atoms with Crippen LogP contribution in [0.2, 0.25) is 0 Å². The van der Waals surface area contributed by atoms with E-state index in [0.29, 0.717) is 19.4 Å². The summed E-state index contributed by atoms with van der Waals surface area (Å²) in [7, 11) is 0. The van der Waals surface area contributed by atoms with Gasteiger partial charge in [0.25, 0.3) is 0 Å². The molecule has 0 aromatic heterocycles. The number of amides is 1. The van der Waals surface area contributed by atoms with Crippen LogP contribution in [0.3, 0.4) is 0 Å². The van der Waals surface area contributed by atoms with Crippen molar-refractivity contribution in [2.45, 2.75) is 33.1 Å². The van der Waals surface area contributed by atoms with Gasteiger partial charge in [0, 0.05) is 19.6 Å². The minimum Gasteiger partial charge on any atom is -0.396 e. The molecular formula is C14H21NO2. The van der Waals surface area contributed by atoms with E-state index >= 15 is 0 Å². The molecule has 0 bridgehead atoms. The molecule has 0 aliphatic rings. The van der Waals surface area contributed by atoms with Gasteiger partial charge in [0.05, 0.1) is 0 Å². The number of carbonyl (C=O) groups is 1. The topological polar surface area (TPSA) is 49.3 Å². The Morgan fingerprint density at radius 2 is 2.12 bits per heavy atom. The highest BCUT2D eigenvalue weighted by atomic mass is 16.3. The molecule has 0 spiro atoms. The molecule has 0 heterocycles. The Morgan fingerprint density at radius 3 is 2.76 bits per heavy atom. The van der Waals surface area contributed by atoms with Gasteiger partial charge in [-0.25, -0.2) is 0 Å². The number of nitrogens with one attached hydrogen (secondary N) is 1. The number of aliphatic hydroxyl groups is 1. The van der Waals surface area contributed by atoms with E-state index in [1.165, 1.54) is 16.7 Å². The molecular weight excluding hydrogens is 214 g/mol. The summed E-state index contributed by atoms with van der Waals surface area (Å²) >= 11 is 0. The van der Waals surface area contributed by atoms with E-state index in [1.54, 1.807) is 0 Å². The zero-order valence-electron chi connectivity index (χ0n) is 10.6. The smallest absolute Gasteiger partial charge is 0.220 e. The highest BCUT2D eigenvalue weighted by Crippen LogP contribution is 2.12. The van der Waals surface area contributed by atoms with Gasteiger partial charge in [0.2, 0.25) is 5.91 Å². The summed E-state index contributed by atoms with van der Waals surface area (Å²) in [5.41, 5.74) is 3.72. The van der Waals surface area contributed by atoms with Gasteiger partial charge < -0.3 is 10.4 Å². The van der Waals surface area contributed by atoms with E-state index in [-0.39, 0.29) is 12.5 Å². The van der Waals surface area contributed by atoms with Crippen LogP contribution in [0.15, 0.2) is 18.2 Å². The monoisotopic (exact) mass is 235 g/mol. The standard InChI is InChI=1S/C14H21NO2/c1-11-4-5-13(12(2)10-11)6-7-14(17)15-8-3-9-16/h4-5,10,16H,3,6-9H2,1-2H3,(H,15,17). The van der Waals surface area contributed by atoms with Gasteiger partial charge in [-0.2, -0.15) is 0 Å². The lowest BCUT2D eigenvalue weighted by Crippen LogP contribution is -2.25. The number of aliphatic hydroxyl groups excluding tert-OH is 1. The normalized spacial score (nSPS) is 10.3. The first-order chi connectivity index (χ1) is 8.13. The Kier molecular flexibility index (Phi) is 5.70. The van der Waals surface area contributed by atoms with E-state index < -0.39 is 0 Å². The van der Waals surface area contributed by atoms with Crippen LogP contribution in [0.1, 0.15) is 29.5 Å². The van der Waals surface area contributed by atoms with Crippen LogP contribution in [0.5, 0.6) is 0 Å². The van der Waals surface area contributed by atoms with Crippen LogP contribution in [0, 0.1) is 13.8 Å². The average Bonchev–Trinajstić information content (AvgIpc) is 2.28. The molecule has 0 fully saturated rings. The average molecular weight is 235 g/mol. The molecule has 17 heavy (non-hydrogen) atoms. The molecule has 0 aliphatic heterocycles. The summed E-state index contributed by atoms with van der Waals surface area (Å²) in [6.07, 6.45) is 1.90. The highest BCUT2D eigenvalue weighted by molar-refractivity contribution is 5.76. The Hall–Kier alpha value is -1.35. The van der Waals surface area contributed by atoms with Crippen LogP contribution in [0.25, 0.3) is 0 Å². The van der Waals surface area contributed by atoms with Crippen molar-refractivity contribution in [3.05, 3.63) is 34.9 Å². The Labute approximate surface area is 103 Å². The van der Waals surface area contributed by atoms with Gasteiger partial charge in [-0.1, -0.05) is 23.8 Å². The molecule has 1 rings (SSSR count). The molecule has 0 unspecified atom stereocenters. The molecule has 0 aliphatic carbocycles. The fraction of sp³-hybridized carbons (Fsp3) is 0.500. The number of carbonyl (C=O) groups excluding carboxylic acids is 1. The minimum atomic E-state index is 0.0541. The highest BCUT2D eigenvalue weighted by Gasteiger charge is 2.03. The third kappa shape index (κ3) is 5.00. The van der Waals surface area contributed by atoms with Gasteiger partial charge in [-0.05, 0) is 37.8 Å². The first-order valence-corrected chi connectivity index (χ1v) is 6.07. The predicted molar refractivity (Wildman–Crippen MR) is 68.9 cm³/mol. The quantitative estimate of drug-likeness (QED) is 0.738. The lowest BCUT2D eigenvalue weighted by Gasteiger charge is -2.07. The maximum atomic E-state index is 11.5. The van der Waals surface area contributed by atoms with Crippen molar-refractivity contribution < 1.29 is 9.90 Å². The van der Waals surface area contributed by atoms with E-state index in [9.17, 15) is 4.79 Å². The lowest BCUT2D eigenvalue weighted by atomic mass is 10.0. The van der Waals surface area contributed by atoms with Crippen LogP contribution < -0.4 is 5.32 Å². The number of hydrogen-bond acceptors (Lipinski definition) is 2. The summed E-state index contributed by atoms with van der Waals surface area (Å²) in [6, 6.07) is 6.30. The third-order valence-corrected chi connectivity index (χ3v) is 2.78. The van der Waals surface area contributed by atoms with Gasteiger partial charge in [0.15, 0.2) is 0 Å². The molecule has 94 valence electrons. The van der Waals surface area contributed by atoms with Gasteiger partial charge in [0.1, 0.15) is 0 Å². The molecule has 0 atom stereocenters. The maximum absolute atomic E-state index is 11.5. The number of benzene rings is 1. The van der Waals surface area contributed by atoms with Crippen LogP contribution >= 0.6 is 0 Å². The van der Waals surface area contributed by atoms with E-state index in [1.807, 2.05) is 0 Å². The summed E-state index contributed by atoms with van der Waals surface area (Å²) in [6.45, 7) is 4.82. The van der Waals surface area contributed by atoms with E-state index in [4.69, 9.17) is 5.11 Å². The number of aryl methyl sites for hydroxylation is 3. The second-order valence-electron chi connectivity index (χ2n) is 4.36. The van der Waals surface area contributed by atoms with Crippen molar-refractivity contribution in [3.63, 3.8) is 0 Å². The van der Waals surface area contributed by atoms with Crippen LogP contribution in [-0.4, -0.2) is 24.2 Å². The van der Waals surface area contributed by atoms with E-state index in [0.717, 1.165) is 6.42 Å².